The molecular formula is C11H16O2. The van der Waals surface area contributed by atoms with Crippen molar-refractivity contribution in [3.05, 3.63) is 0 Å². The van der Waals surface area contributed by atoms with Gasteiger partial charge in [0.15, 0.2) is 0 Å². The number of hydrogen-bond donors (Lipinski definition) is 0. The fraction of sp³-hybridized carbons (Fsp3) is 0.727. The second kappa shape index (κ2) is 5.04. The van der Waals surface area contributed by atoms with Crippen LogP contribution < -0.4 is 0 Å². The van der Waals surface area contributed by atoms with Crippen molar-refractivity contribution in [1.82, 2.24) is 0 Å². The molecule has 2 heteroatoms. The van der Waals surface area contributed by atoms with Crippen LogP contribution in [0, 0.1) is 18.3 Å². The summed E-state index contributed by atoms with van der Waals surface area (Å²) in [5, 5.41) is 0. The van der Waals surface area contributed by atoms with E-state index >= 15 is 0 Å². The minimum absolute atomic E-state index is 0.200. The highest BCUT2D eigenvalue weighted by Crippen LogP contribution is 2.27. The molecule has 2 nitrogen and oxygen atoms in total. The van der Waals surface area contributed by atoms with E-state index in [1.807, 2.05) is 0 Å². The minimum atomic E-state index is -0.356. The van der Waals surface area contributed by atoms with E-state index in [2.05, 4.69) is 5.92 Å². The number of ether oxygens (including phenoxy) is 1. The van der Waals surface area contributed by atoms with Crippen molar-refractivity contribution in [3.8, 4) is 12.3 Å². The molecule has 1 fully saturated rings. The number of hydrogen-bond acceptors (Lipinski definition) is 2. The summed E-state index contributed by atoms with van der Waals surface area (Å²) >= 11 is 0. The Kier molecular flexibility index (Phi) is 3.98. The van der Waals surface area contributed by atoms with Gasteiger partial charge in [-0.05, 0) is 24.7 Å². The first kappa shape index (κ1) is 10.3. The molecule has 0 heterocycles. The van der Waals surface area contributed by atoms with E-state index in [9.17, 15) is 4.79 Å². The van der Waals surface area contributed by atoms with Crippen LogP contribution in [0.1, 0.15) is 32.1 Å². The molecule has 1 saturated carbocycles. The number of carbonyl (C=O) groups excluding carboxylic acids is 1. The maximum Gasteiger partial charge on any atom is 0.234 e. The maximum absolute atomic E-state index is 11.3. The first-order chi connectivity index (χ1) is 6.29. The van der Waals surface area contributed by atoms with Gasteiger partial charge >= 0.3 is 0 Å². The van der Waals surface area contributed by atoms with E-state index in [0.29, 0.717) is 5.92 Å². The summed E-state index contributed by atoms with van der Waals surface area (Å²) in [6.07, 6.45) is 10.5. The maximum atomic E-state index is 11.3. The summed E-state index contributed by atoms with van der Waals surface area (Å²) in [7, 11) is 1.56. The first-order valence-corrected chi connectivity index (χ1v) is 4.83. The Bertz CT molecular complexity index is 209. The van der Waals surface area contributed by atoms with E-state index in [1.54, 1.807) is 7.11 Å². The standard InChI is InChI=1S/C11H16O2/c1-3-10(12)11(13-2)9-7-5-4-6-8-9/h1,9,11H,4-8H2,2H3. The van der Waals surface area contributed by atoms with Gasteiger partial charge in [0.05, 0.1) is 0 Å². The Hall–Kier alpha value is -0.810. The fourth-order valence-corrected chi connectivity index (χ4v) is 2.03. The molecule has 0 N–H and O–H groups in total. The predicted molar refractivity (Wildman–Crippen MR) is 51.2 cm³/mol. The molecule has 0 amide bonds. The lowest BCUT2D eigenvalue weighted by molar-refractivity contribution is -0.126. The Morgan fingerprint density at radius 3 is 2.54 bits per heavy atom. The lowest BCUT2D eigenvalue weighted by Gasteiger charge is -2.26. The Morgan fingerprint density at radius 2 is 2.08 bits per heavy atom. The number of ketones is 1. The van der Waals surface area contributed by atoms with Gasteiger partial charge in [0.1, 0.15) is 6.10 Å². The molecule has 72 valence electrons. The molecular weight excluding hydrogens is 164 g/mol. The van der Waals surface area contributed by atoms with Crippen molar-refractivity contribution in [3.63, 3.8) is 0 Å². The van der Waals surface area contributed by atoms with Gasteiger partial charge in [0.2, 0.25) is 5.78 Å². The van der Waals surface area contributed by atoms with Crippen molar-refractivity contribution in [2.24, 2.45) is 5.92 Å². The average Bonchev–Trinajstić information content (AvgIpc) is 2.20. The number of Topliss-reactive ketones (excluding diaryl/α,β-unsaturated/α-hetero) is 1. The van der Waals surface area contributed by atoms with E-state index in [-0.39, 0.29) is 11.9 Å². The van der Waals surface area contributed by atoms with Crippen LogP contribution >= 0.6 is 0 Å². The van der Waals surface area contributed by atoms with Gasteiger partial charge in [-0.15, -0.1) is 6.42 Å². The molecule has 0 bridgehead atoms. The summed E-state index contributed by atoms with van der Waals surface area (Å²) in [6.45, 7) is 0. The van der Waals surface area contributed by atoms with Crippen LogP contribution in [-0.2, 0) is 9.53 Å². The third-order valence-electron chi connectivity index (χ3n) is 2.73. The zero-order chi connectivity index (χ0) is 9.68. The van der Waals surface area contributed by atoms with Crippen LogP contribution in [-0.4, -0.2) is 19.0 Å². The van der Waals surface area contributed by atoms with Crippen molar-refractivity contribution in [2.45, 2.75) is 38.2 Å². The van der Waals surface area contributed by atoms with Gasteiger partial charge in [-0.3, -0.25) is 4.79 Å². The smallest absolute Gasteiger partial charge is 0.234 e. The summed E-state index contributed by atoms with van der Waals surface area (Å²) in [5.74, 6) is 2.30. The molecule has 0 aromatic heterocycles. The molecule has 0 aromatic rings. The number of methoxy groups -OCH3 is 1. The van der Waals surface area contributed by atoms with Gasteiger partial charge in [-0.1, -0.05) is 19.3 Å². The zero-order valence-corrected chi connectivity index (χ0v) is 8.08. The second-order valence-electron chi connectivity index (χ2n) is 3.56. The summed E-state index contributed by atoms with van der Waals surface area (Å²) in [4.78, 5) is 11.3. The molecule has 1 aliphatic carbocycles. The molecule has 1 atom stereocenters. The van der Waals surface area contributed by atoms with Gasteiger partial charge in [-0.2, -0.15) is 0 Å². The Balaban J connectivity index is 2.54. The number of carbonyl (C=O) groups is 1. The van der Waals surface area contributed by atoms with Crippen LogP contribution in [0.15, 0.2) is 0 Å². The van der Waals surface area contributed by atoms with E-state index in [0.717, 1.165) is 12.8 Å². The lowest BCUT2D eigenvalue weighted by Crippen LogP contribution is -2.32. The third-order valence-corrected chi connectivity index (χ3v) is 2.73. The molecule has 1 unspecified atom stereocenters. The minimum Gasteiger partial charge on any atom is -0.372 e. The molecule has 0 radical (unpaired) electrons. The summed E-state index contributed by atoms with van der Waals surface area (Å²) in [5.41, 5.74) is 0. The van der Waals surface area contributed by atoms with Crippen molar-refractivity contribution < 1.29 is 9.53 Å². The fourth-order valence-electron chi connectivity index (χ4n) is 2.03. The van der Waals surface area contributed by atoms with Gasteiger partial charge in [-0.25, -0.2) is 0 Å². The second-order valence-corrected chi connectivity index (χ2v) is 3.56. The summed E-state index contributed by atoms with van der Waals surface area (Å²) < 4.78 is 5.15. The molecule has 0 aromatic carbocycles. The molecule has 13 heavy (non-hydrogen) atoms. The normalized spacial score (nSPS) is 20.6. The largest absolute Gasteiger partial charge is 0.372 e. The highest BCUT2D eigenvalue weighted by Gasteiger charge is 2.27. The molecule has 0 aliphatic heterocycles. The summed E-state index contributed by atoms with van der Waals surface area (Å²) in [6, 6.07) is 0. The van der Waals surface area contributed by atoms with Crippen LogP contribution in [0.25, 0.3) is 0 Å². The highest BCUT2D eigenvalue weighted by molar-refractivity contribution is 5.98. The quantitative estimate of drug-likeness (QED) is 0.489. The number of rotatable bonds is 3. The molecule has 1 aliphatic rings. The van der Waals surface area contributed by atoms with Gasteiger partial charge in [0, 0.05) is 7.11 Å². The first-order valence-electron chi connectivity index (χ1n) is 4.83. The average molecular weight is 180 g/mol. The van der Waals surface area contributed by atoms with E-state index < -0.39 is 0 Å². The van der Waals surface area contributed by atoms with Crippen molar-refractivity contribution in [1.29, 1.82) is 0 Å². The Labute approximate surface area is 79.7 Å². The van der Waals surface area contributed by atoms with Crippen molar-refractivity contribution >= 4 is 5.78 Å². The Morgan fingerprint density at radius 1 is 1.46 bits per heavy atom. The lowest BCUT2D eigenvalue weighted by atomic mass is 9.84. The highest BCUT2D eigenvalue weighted by atomic mass is 16.5. The SMILES string of the molecule is C#CC(=O)C(OC)C1CCCCC1. The molecule has 1 rings (SSSR count). The topological polar surface area (TPSA) is 26.3 Å². The van der Waals surface area contributed by atoms with Crippen molar-refractivity contribution in [2.75, 3.05) is 7.11 Å². The predicted octanol–water partition coefficient (Wildman–Crippen LogP) is 1.78. The monoisotopic (exact) mass is 180 g/mol. The van der Waals surface area contributed by atoms with Gasteiger partial charge in [0.25, 0.3) is 0 Å². The molecule has 0 saturated heterocycles. The van der Waals surface area contributed by atoms with E-state index in [1.165, 1.54) is 19.3 Å². The molecule has 0 spiro atoms. The van der Waals surface area contributed by atoms with Crippen LogP contribution in [0.2, 0.25) is 0 Å². The van der Waals surface area contributed by atoms with E-state index in [4.69, 9.17) is 11.2 Å². The third kappa shape index (κ3) is 2.57. The van der Waals surface area contributed by atoms with Gasteiger partial charge < -0.3 is 4.74 Å². The van der Waals surface area contributed by atoms with Crippen LogP contribution in [0.5, 0.6) is 0 Å². The van der Waals surface area contributed by atoms with Crippen LogP contribution in [0.4, 0.5) is 0 Å². The number of terminal acetylenes is 1. The van der Waals surface area contributed by atoms with Crippen LogP contribution in [0.3, 0.4) is 0 Å². The zero-order valence-electron chi connectivity index (χ0n) is 8.08.